The molecule has 0 aliphatic carbocycles. The van der Waals surface area contributed by atoms with Crippen molar-refractivity contribution in [2.45, 2.75) is 45.8 Å². The van der Waals surface area contributed by atoms with Crippen molar-refractivity contribution in [1.82, 2.24) is 15.1 Å². The lowest BCUT2D eigenvalue weighted by Crippen LogP contribution is -2.45. The lowest BCUT2D eigenvalue weighted by molar-refractivity contribution is -0.133. The van der Waals surface area contributed by atoms with E-state index >= 15 is 0 Å². The zero-order valence-corrected chi connectivity index (χ0v) is 12.1. The van der Waals surface area contributed by atoms with Crippen molar-refractivity contribution in [1.29, 1.82) is 0 Å². The fourth-order valence-electron chi connectivity index (χ4n) is 2.24. The van der Waals surface area contributed by atoms with Crippen LogP contribution in [0.15, 0.2) is 0 Å². The molecule has 0 aromatic carbocycles. The summed E-state index contributed by atoms with van der Waals surface area (Å²) in [6, 6.07) is 0. The van der Waals surface area contributed by atoms with Gasteiger partial charge in [-0.15, -0.1) is 0 Å². The molecule has 17 heavy (non-hydrogen) atoms. The summed E-state index contributed by atoms with van der Waals surface area (Å²) in [6.07, 6.45) is 1.01. The van der Waals surface area contributed by atoms with Gasteiger partial charge < -0.3 is 9.80 Å². The highest BCUT2D eigenvalue weighted by molar-refractivity contribution is 5.88. The number of amides is 1. The summed E-state index contributed by atoms with van der Waals surface area (Å²) in [5, 5.41) is 3.50. The minimum Gasteiger partial charge on any atom is -0.324 e. The Morgan fingerprint density at radius 1 is 1.47 bits per heavy atom. The molecular formula is C13H27N3O. The summed E-state index contributed by atoms with van der Waals surface area (Å²) in [7, 11) is 4.08. The fraction of sp³-hybridized carbons (Fsp3) is 0.923. The van der Waals surface area contributed by atoms with Crippen molar-refractivity contribution in [3.05, 3.63) is 0 Å². The van der Waals surface area contributed by atoms with Crippen LogP contribution in [0.5, 0.6) is 0 Å². The molecule has 2 atom stereocenters. The Labute approximate surface area is 105 Å². The van der Waals surface area contributed by atoms with E-state index in [0.717, 1.165) is 19.5 Å². The van der Waals surface area contributed by atoms with Gasteiger partial charge in [0.05, 0.1) is 11.7 Å². The van der Waals surface area contributed by atoms with Gasteiger partial charge in [0.15, 0.2) is 0 Å². The normalized spacial score (nSPS) is 29.8. The minimum atomic E-state index is -0.374. The Kier molecular flexibility index (Phi) is 4.55. The number of hydrogen-bond acceptors (Lipinski definition) is 3. The van der Waals surface area contributed by atoms with Crippen LogP contribution in [-0.2, 0) is 4.79 Å². The topological polar surface area (TPSA) is 35.6 Å². The summed E-state index contributed by atoms with van der Waals surface area (Å²) in [5.74, 6) is 0.690. The second kappa shape index (κ2) is 5.36. The third-order valence-electron chi connectivity index (χ3n) is 3.66. The van der Waals surface area contributed by atoms with E-state index in [4.69, 9.17) is 0 Å². The largest absolute Gasteiger partial charge is 0.324 e. The van der Waals surface area contributed by atoms with Crippen LogP contribution in [0.3, 0.4) is 0 Å². The maximum Gasteiger partial charge on any atom is 0.243 e. The molecule has 1 amide bonds. The average Bonchev–Trinajstić information content (AvgIpc) is 2.50. The molecular weight excluding hydrogens is 214 g/mol. The van der Waals surface area contributed by atoms with E-state index in [0.29, 0.717) is 5.92 Å². The van der Waals surface area contributed by atoms with Crippen LogP contribution < -0.4 is 5.32 Å². The molecule has 1 heterocycles. The van der Waals surface area contributed by atoms with Gasteiger partial charge in [-0.2, -0.15) is 0 Å². The predicted octanol–water partition coefficient (Wildman–Crippen LogP) is 1.13. The van der Waals surface area contributed by atoms with E-state index in [9.17, 15) is 4.79 Å². The molecule has 2 unspecified atom stereocenters. The quantitative estimate of drug-likeness (QED) is 0.784. The third kappa shape index (κ3) is 2.99. The number of rotatable bonds is 5. The lowest BCUT2D eigenvalue weighted by Gasteiger charge is -2.28. The second-order valence-corrected chi connectivity index (χ2v) is 5.82. The summed E-state index contributed by atoms with van der Waals surface area (Å²) in [4.78, 5) is 16.6. The average molecular weight is 241 g/mol. The summed E-state index contributed by atoms with van der Waals surface area (Å²) >= 11 is 0. The van der Waals surface area contributed by atoms with Crippen molar-refractivity contribution < 1.29 is 4.79 Å². The number of nitrogens with zero attached hydrogens (tertiary/aromatic N) is 2. The van der Waals surface area contributed by atoms with Gasteiger partial charge in [0.1, 0.15) is 0 Å². The van der Waals surface area contributed by atoms with Gasteiger partial charge in [0.25, 0.3) is 0 Å². The molecule has 4 heteroatoms. The molecule has 0 aromatic heterocycles. The third-order valence-corrected chi connectivity index (χ3v) is 3.66. The molecule has 1 aliphatic rings. The van der Waals surface area contributed by atoms with Crippen molar-refractivity contribution in [2.75, 3.05) is 27.2 Å². The molecule has 1 rings (SSSR count). The molecule has 1 aliphatic heterocycles. The first-order chi connectivity index (χ1) is 7.81. The zero-order valence-electron chi connectivity index (χ0n) is 12.1. The van der Waals surface area contributed by atoms with Crippen LogP contribution in [0.4, 0.5) is 0 Å². The molecule has 0 radical (unpaired) electrons. The molecule has 100 valence electrons. The number of carbonyl (C=O) groups is 1. The lowest BCUT2D eigenvalue weighted by atomic mass is 9.99. The van der Waals surface area contributed by atoms with E-state index in [1.54, 1.807) is 0 Å². The summed E-state index contributed by atoms with van der Waals surface area (Å²) in [6.45, 7) is 10.1. The maximum absolute atomic E-state index is 12.4. The number of hydrogen-bond donors (Lipinski definition) is 1. The zero-order chi connectivity index (χ0) is 13.2. The van der Waals surface area contributed by atoms with Gasteiger partial charge in [-0.25, -0.2) is 0 Å². The second-order valence-electron chi connectivity index (χ2n) is 5.82. The highest BCUT2D eigenvalue weighted by atomic mass is 16.2. The predicted molar refractivity (Wildman–Crippen MR) is 70.7 cm³/mol. The maximum atomic E-state index is 12.4. The van der Waals surface area contributed by atoms with Crippen molar-refractivity contribution >= 4 is 5.91 Å². The molecule has 1 saturated heterocycles. The van der Waals surface area contributed by atoms with Crippen LogP contribution in [-0.4, -0.2) is 54.6 Å². The number of likely N-dealkylation sites (N-methyl/N-ethyl adjacent to an activating group) is 1. The van der Waals surface area contributed by atoms with Crippen LogP contribution in [0, 0.1) is 5.92 Å². The Morgan fingerprint density at radius 3 is 2.47 bits per heavy atom. The van der Waals surface area contributed by atoms with Gasteiger partial charge in [-0.05, 0) is 33.4 Å². The van der Waals surface area contributed by atoms with Gasteiger partial charge in [-0.3, -0.25) is 10.1 Å². The van der Waals surface area contributed by atoms with E-state index in [2.05, 4.69) is 31.0 Å². The van der Waals surface area contributed by atoms with Gasteiger partial charge in [0, 0.05) is 13.1 Å². The molecule has 1 N–H and O–H groups in total. The highest BCUT2D eigenvalue weighted by Gasteiger charge is 2.47. The van der Waals surface area contributed by atoms with Gasteiger partial charge in [-0.1, -0.05) is 20.8 Å². The number of nitrogens with one attached hydrogen (secondary N) is 1. The minimum absolute atomic E-state index is 0.174. The van der Waals surface area contributed by atoms with Crippen LogP contribution in [0.25, 0.3) is 0 Å². The Balaban J connectivity index is 2.80. The van der Waals surface area contributed by atoms with Crippen molar-refractivity contribution in [2.24, 2.45) is 5.92 Å². The Morgan fingerprint density at radius 2 is 2.06 bits per heavy atom. The van der Waals surface area contributed by atoms with E-state index in [-0.39, 0.29) is 17.6 Å². The summed E-state index contributed by atoms with van der Waals surface area (Å²) in [5.41, 5.74) is -0.374. The molecule has 0 spiro atoms. The summed E-state index contributed by atoms with van der Waals surface area (Å²) < 4.78 is 0. The standard InChI is InChI=1S/C13H27N3O/c1-7-13(4)12(17)16(9-8-15(5)6)11(14-13)10(2)3/h10-11,14H,7-9H2,1-6H3. The molecule has 1 fully saturated rings. The number of carbonyl (C=O) groups excluding carboxylic acids is 1. The monoisotopic (exact) mass is 241 g/mol. The Bertz CT molecular complexity index is 278. The van der Waals surface area contributed by atoms with Gasteiger partial charge >= 0.3 is 0 Å². The first-order valence-electron chi connectivity index (χ1n) is 6.55. The first-order valence-corrected chi connectivity index (χ1v) is 6.55. The molecule has 0 bridgehead atoms. The molecule has 0 saturated carbocycles. The van der Waals surface area contributed by atoms with Crippen LogP contribution in [0.1, 0.15) is 34.1 Å². The van der Waals surface area contributed by atoms with E-state index in [1.807, 2.05) is 25.9 Å². The molecule has 0 aromatic rings. The van der Waals surface area contributed by atoms with E-state index in [1.165, 1.54) is 0 Å². The SMILES string of the molecule is CCC1(C)NC(C(C)C)N(CCN(C)C)C1=O. The van der Waals surface area contributed by atoms with Gasteiger partial charge in [0.2, 0.25) is 5.91 Å². The molecule has 4 nitrogen and oxygen atoms in total. The van der Waals surface area contributed by atoms with E-state index < -0.39 is 0 Å². The van der Waals surface area contributed by atoms with Crippen LogP contribution in [0.2, 0.25) is 0 Å². The smallest absolute Gasteiger partial charge is 0.243 e. The van der Waals surface area contributed by atoms with Crippen molar-refractivity contribution in [3.63, 3.8) is 0 Å². The van der Waals surface area contributed by atoms with Crippen molar-refractivity contribution in [3.8, 4) is 0 Å². The highest BCUT2D eigenvalue weighted by Crippen LogP contribution is 2.26. The first kappa shape index (κ1) is 14.5. The Hall–Kier alpha value is -0.610. The van der Waals surface area contributed by atoms with Crippen LogP contribution >= 0.6 is 0 Å². The fourth-order valence-corrected chi connectivity index (χ4v) is 2.24.